The molecule has 112 valence electrons. The maximum atomic E-state index is 13.5. The van der Waals surface area contributed by atoms with E-state index in [-0.39, 0.29) is 29.8 Å². The molecule has 1 fully saturated rings. The lowest BCUT2D eigenvalue weighted by molar-refractivity contribution is 0.338. The number of nitrogens with two attached hydrogens (primary N) is 1. The smallest absolute Gasteiger partial charge is 0.191 e. The Balaban J connectivity index is 0.00000200. The molecule has 2 rings (SSSR count). The molecule has 0 unspecified atom stereocenters. The van der Waals surface area contributed by atoms with Crippen molar-refractivity contribution < 1.29 is 4.39 Å². The summed E-state index contributed by atoms with van der Waals surface area (Å²) in [6.45, 7) is 2.50. The van der Waals surface area contributed by atoms with Crippen molar-refractivity contribution in [2.45, 2.75) is 25.7 Å². The van der Waals surface area contributed by atoms with Crippen LogP contribution in [0.25, 0.3) is 0 Å². The Bertz CT molecular complexity index is 462. The van der Waals surface area contributed by atoms with Crippen molar-refractivity contribution in [3.8, 4) is 0 Å². The van der Waals surface area contributed by atoms with Crippen LogP contribution in [-0.2, 0) is 6.42 Å². The first-order valence-corrected chi connectivity index (χ1v) is 7.45. The highest BCUT2D eigenvalue weighted by Gasteiger charge is 2.11. The van der Waals surface area contributed by atoms with Crippen LogP contribution < -0.4 is 5.73 Å². The van der Waals surface area contributed by atoms with Crippen LogP contribution >= 0.6 is 39.9 Å². The van der Waals surface area contributed by atoms with Crippen LogP contribution in [-0.4, -0.2) is 30.5 Å². The second-order valence-electron chi connectivity index (χ2n) is 4.77. The number of halogens is 3. The highest BCUT2D eigenvalue weighted by molar-refractivity contribution is 14.0. The summed E-state index contributed by atoms with van der Waals surface area (Å²) in [5.74, 6) is 0.407. The SMILES string of the molecule is I.NC(=NCCc1cc(Br)ccc1F)N1CCCCC1. The number of rotatable bonds is 3. The molecule has 0 aliphatic carbocycles. The Morgan fingerprint density at radius 3 is 2.70 bits per heavy atom. The third-order valence-corrected chi connectivity index (χ3v) is 3.84. The minimum atomic E-state index is -0.185. The van der Waals surface area contributed by atoms with Crippen molar-refractivity contribution in [2.75, 3.05) is 19.6 Å². The summed E-state index contributed by atoms with van der Waals surface area (Å²) >= 11 is 3.34. The van der Waals surface area contributed by atoms with Gasteiger partial charge in [-0.1, -0.05) is 15.9 Å². The van der Waals surface area contributed by atoms with Crippen LogP contribution in [0.5, 0.6) is 0 Å². The second-order valence-corrected chi connectivity index (χ2v) is 5.69. The van der Waals surface area contributed by atoms with Crippen LogP contribution in [0, 0.1) is 5.82 Å². The molecule has 0 saturated carbocycles. The molecule has 0 amide bonds. The quantitative estimate of drug-likeness (QED) is 0.430. The van der Waals surface area contributed by atoms with Crippen LogP contribution in [0.2, 0.25) is 0 Å². The lowest BCUT2D eigenvalue weighted by Gasteiger charge is -2.27. The standard InChI is InChI=1S/C14H19BrFN3.HI/c15-12-4-5-13(16)11(10-12)6-7-18-14(17)19-8-2-1-3-9-19;/h4-5,10H,1-3,6-9H2,(H2,17,18);1H. The van der Waals surface area contributed by atoms with E-state index in [1.165, 1.54) is 25.3 Å². The third kappa shape index (κ3) is 5.20. The fraction of sp³-hybridized carbons (Fsp3) is 0.500. The molecule has 1 aliphatic heterocycles. The molecule has 1 aromatic rings. The van der Waals surface area contributed by atoms with Crippen molar-refractivity contribution >= 4 is 45.9 Å². The largest absolute Gasteiger partial charge is 0.370 e. The van der Waals surface area contributed by atoms with E-state index < -0.39 is 0 Å². The fourth-order valence-electron chi connectivity index (χ4n) is 2.25. The van der Waals surface area contributed by atoms with Gasteiger partial charge in [0, 0.05) is 24.1 Å². The number of piperidine rings is 1. The molecular formula is C14H20BrFIN3. The summed E-state index contributed by atoms with van der Waals surface area (Å²) in [5, 5.41) is 0. The Labute approximate surface area is 145 Å². The van der Waals surface area contributed by atoms with E-state index in [0.717, 1.165) is 17.6 Å². The van der Waals surface area contributed by atoms with Gasteiger partial charge in [0.25, 0.3) is 0 Å². The molecule has 1 saturated heterocycles. The summed E-state index contributed by atoms with van der Waals surface area (Å²) in [6, 6.07) is 4.96. The summed E-state index contributed by atoms with van der Waals surface area (Å²) in [5.41, 5.74) is 6.62. The number of aliphatic imine (C=N–C) groups is 1. The summed E-state index contributed by atoms with van der Waals surface area (Å²) in [6.07, 6.45) is 4.19. The van der Waals surface area contributed by atoms with Crippen LogP contribution in [0.15, 0.2) is 27.7 Å². The monoisotopic (exact) mass is 455 g/mol. The van der Waals surface area contributed by atoms with Gasteiger partial charge in [-0.25, -0.2) is 4.39 Å². The summed E-state index contributed by atoms with van der Waals surface area (Å²) in [7, 11) is 0. The zero-order valence-electron chi connectivity index (χ0n) is 11.3. The molecule has 3 nitrogen and oxygen atoms in total. The molecule has 0 radical (unpaired) electrons. The zero-order valence-corrected chi connectivity index (χ0v) is 15.2. The molecule has 1 heterocycles. The molecule has 0 bridgehead atoms. The number of hydrogen-bond acceptors (Lipinski definition) is 1. The molecule has 1 aromatic carbocycles. The molecule has 1 aliphatic rings. The number of benzene rings is 1. The number of hydrogen-bond donors (Lipinski definition) is 1. The summed E-state index contributed by atoms with van der Waals surface area (Å²) < 4.78 is 14.4. The Kier molecular flexibility index (Phi) is 7.79. The number of nitrogens with zero attached hydrogens (tertiary/aromatic N) is 2. The van der Waals surface area contributed by atoms with E-state index in [1.807, 2.05) is 0 Å². The van der Waals surface area contributed by atoms with Crippen molar-refractivity contribution in [3.63, 3.8) is 0 Å². The van der Waals surface area contributed by atoms with Gasteiger partial charge in [-0.15, -0.1) is 24.0 Å². The molecule has 0 spiro atoms. The Hall–Kier alpha value is -0.370. The molecule has 0 atom stereocenters. The Morgan fingerprint density at radius 2 is 2.00 bits per heavy atom. The lowest BCUT2D eigenvalue weighted by atomic mass is 10.1. The molecule has 20 heavy (non-hydrogen) atoms. The van der Waals surface area contributed by atoms with Crippen LogP contribution in [0.4, 0.5) is 4.39 Å². The first-order chi connectivity index (χ1) is 9.16. The summed E-state index contributed by atoms with van der Waals surface area (Å²) in [4.78, 5) is 6.46. The maximum Gasteiger partial charge on any atom is 0.191 e. The second kappa shape index (κ2) is 8.81. The average Bonchev–Trinajstić information content (AvgIpc) is 2.43. The molecular weight excluding hydrogens is 436 g/mol. The Morgan fingerprint density at radius 1 is 1.30 bits per heavy atom. The first kappa shape index (κ1) is 17.7. The van der Waals surface area contributed by atoms with Gasteiger partial charge in [0.1, 0.15) is 5.82 Å². The van der Waals surface area contributed by atoms with Gasteiger partial charge < -0.3 is 10.6 Å². The van der Waals surface area contributed by atoms with Crippen molar-refractivity contribution in [2.24, 2.45) is 10.7 Å². The van der Waals surface area contributed by atoms with E-state index in [4.69, 9.17) is 5.73 Å². The van der Waals surface area contributed by atoms with Gasteiger partial charge in [0.15, 0.2) is 5.96 Å². The van der Waals surface area contributed by atoms with Gasteiger partial charge in [-0.2, -0.15) is 0 Å². The lowest BCUT2D eigenvalue weighted by Crippen LogP contribution is -2.41. The van der Waals surface area contributed by atoms with Gasteiger partial charge in [-0.3, -0.25) is 4.99 Å². The molecule has 0 aromatic heterocycles. The van der Waals surface area contributed by atoms with E-state index in [2.05, 4.69) is 25.8 Å². The predicted octanol–water partition coefficient (Wildman–Crippen LogP) is 3.55. The number of guanidine groups is 1. The fourth-order valence-corrected chi connectivity index (χ4v) is 2.66. The van der Waals surface area contributed by atoms with Gasteiger partial charge >= 0.3 is 0 Å². The maximum absolute atomic E-state index is 13.5. The average molecular weight is 456 g/mol. The molecule has 2 N–H and O–H groups in total. The predicted molar refractivity (Wildman–Crippen MR) is 95.1 cm³/mol. The number of likely N-dealkylation sites (tertiary alicyclic amines) is 1. The van der Waals surface area contributed by atoms with E-state index in [0.29, 0.717) is 24.5 Å². The van der Waals surface area contributed by atoms with E-state index in [9.17, 15) is 4.39 Å². The van der Waals surface area contributed by atoms with E-state index >= 15 is 0 Å². The topological polar surface area (TPSA) is 41.6 Å². The third-order valence-electron chi connectivity index (χ3n) is 3.34. The minimum absolute atomic E-state index is 0. The zero-order chi connectivity index (χ0) is 13.7. The molecule has 6 heteroatoms. The van der Waals surface area contributed by atoms with Gasteiger partial charge in [-0.05, 0) is 49.4 Å². The van der Waals surface area contributed by atoms with Crippen molar-refractivity contribution in [3.05, 3.63) is 34.1 Å². The normalized spacial score (nSPS) is 15.9. The van der Waals surface area contributed by atoms with Crippen LogP contribution in [0.1, 0.15) is 24.8 Å². The minimum Gasteiger partial charge on any atom is -0.370 e. The van der Waals surface area contributed by atoms with Gasteiger partial charge in [0.2, 0.25) is 0 Å². The van der Waals surface area contributed by atoms with Gasteiger partial charge in [0.05, 0.1) is 0 Å². The highest BCUT2D eigenvalue weighted by Crippen LogP contribution is 2.16. The van der Waals surface area contributed by atoms with Crippen LogP contribution in [0.3, 0.4) is 0 Å². The highest BCUT2D eigenvalue weighted by atomic mass is 127. The first-order valence-electron chi connectivity index (χ1n) is 6.65. The van der Waals surface area contributed by atoms with E-state index in [1.54, 1.807) is 12.1 Å². The van der Waals surface area contributed by atoms with Crippen molar-refractivity contribution in [1.82, 2.24) is 4.90 Å². The van der Waals surface area contributed by atoms with Crippen molar-refractivity contribution in [1.29, 1.82) is 0 Å².